The Bertz CT molecular complexity index is 1170. The molecule has 1 heterocycles. The zero-order valence-electron chi connectivity index (χ0n) is 16.3. The van der Waals surface area contributed by atoms with E-state index in [1.54, 1.807) is 13.8 Å². The molecule has 3 rings (SSSR count). The first-order valence-electron chi connectivity index (χ1n) is 8.92. The van der Waals surface area contributed by atoms with Gasteiger partial charge in [0, 0.05) is 6.07 Å². The number of carboxylic acids is 1. The van der Waals surface area contributed by atoms with Crippen molar-refractivity contribution in [2.75, 3.05) is 11.6 Å². The number of hydrogen-bond donors (Lipinski definition) is 2. The molecule has 0 saturated heterocycles. The van der Waals surface area contributed by atoms with Gasteiger partial charge in [0.15, 0.2) is 5.75 Å². The fourth-order valence-corrected chi connectivity index (χ4v) is 3.14. The zero-order valence-corrected chi connectivity index (χ0v) is 17.1. The third kappa shape index (κ3) is 4.19. The van der Waals surface area contributed by atoms with Gasteiger partial charge in [-0.25, -0.2) is 4.79 Å². The first kappa shape index (κ1) is 21.8. The molecule has 10 nitrogen and oxygen atoms in total. The highest BCUT2D eigenvalue weighted by molar-refractivity contribution is 6.34. The quantitative estimate of drug-likeness (QED) is 0.390. The van der Waals surface area contributed by atoms with Crippen molar-refractivity contribution in [3.63, 3.8) is 0 Å². The SMILES string of the molecule is CCOc1cc(/C=C2/C(=O)N(c3ccc(Cl)c(C(=O)O)c3)N=C2C)cc([N+](=O)[O-])c1O. The standard InChI is InChI=1S/C20H16ClN3O7/c1-3-31-17-8-11(7-16(18(17)25)24(29)30)6-13-10(2)22-23(19(13)26)12-4-5-15(21)14(9-12)20(27)28/h4-9,25H,3H2,1-2H3,(H,27,28)/b13-6+. The van der Waals surface area contributed by atoms with Gasteiger partial charge in [-0.15, -0.1) is 0 Å². The number of anilines is 1. The average Bonchev–Trinajstić information content (AvgIpc) is 2.98. The van der Waals surface area contributed by atoms with E-state index in [1.807, 2.05) is 0 Å². The Hall–Kier alpha value is -3.92. The number of nitro groups is 1. The van der Waals surface area contributed by atoms with E-state index in [-0.39, 0.29) is 39.8 Å². The summed E-state index contributed by atoms with van der Waals surface area (Å²) in [6, 6.07) is 6.50. The molecule has 0 spiro atoms. The normalized spacial score (nSPS) is 14.7. The van der Waals surface area contributed by atoms with Crippen molar-refractivity contribution in [1.82, 2.24) is 0 Å². The lowest BCUT2D eigenvalue weighted by atomic mass is 10.1. The maximum absolute atomic E-state index is 12.9. The van der Waals surface area contributed by atoms with Gasteiger partial charge in [0.2, 0.25) is 5.75 Å². The summed E-state index contributed by atoms with van der Waals surface area (Å²) in [5.74, 6) is -2.52. The van der Waals surface area contributed by atoms with Crippen LogP contribution in [-0.2, 0) is 4.79 Å². The number of hydrazone groups is 1. The average molecular weight is 446 g/mol. The summed E-state index contributed by atoms with van der Waals surface area (Å²) in [5.41, 5.74) is 0.127. The number of aromatic carboxylic acids is 1. The molecule has 0 radical (unpaired) electrons. The van der Waals surface area contributed by atoms with Gasteiger partial charge in [0.25, 0.3) is 5.91 Å². The fourth-order valence-electron chi connectivity index (χ4n) is 2.94. The third-order valence-electron chi connectivity index (χ3n) is 4.37. The molecule has 0 aliphatic carbocycles. The fraction of sp³-hybridized carbons (Fsp3) is 0.150. The number of carbonyl (C=O) groups is 2. The van der Waals surface area contributed by atoms with E-state index < -0.39 is 28.2 Å². The Morgan fingerprint density at radius 1 is 1.35 bits per heavy atom. The van der Waals surface area contributed by atoms with E-state index in [1.165, 1.54) is 30.3 Å². The number of ether oxygens (including phenoxy) is 1. The van der Waals surface area contributed by atoms with Crippen LogP contribution in [0.3, 0.4) is 0 Å². The second kappa shape index (κ2) is 8.44. The topological polar surface area (TPSA) is 143 Å². The van der Waals surface area contributed by atoms with Gasteiger partial charge in [0.05, 0.1) is 39.1 Å². The summed E-state index contributed by atoms with van der Waals surface area (Å²) >= 11 is 5.87. The molecule has 2 N–H and O–H groups in total. The van der Waals surface area contributed by atoms with Crippen LogP contribution in [0.15, 0.2) is 41.0 Å². The van der Waals surface area contributed by atoms with Gasteiger partial charge in [-0.05, 0) is 49.8 Å². The largest absolute Gasteiger partial charge is 0.500 e. The Morgan fingerprint density at radius 2 is 2.06 bits per heavy atom. The lowest BCUT2D eigenvalue weighted by Crippen LogP contribution is -2.21. The lowest BCUT2D eigenvalue weighted by Gasteiger charge is -2.13. The predicted molar refractivity (Wildman–Crippen MR) is 113 cm³/mol. The second-order valence-corrected chi connectivity index (χ2v) is 6.81. The van der Waals surface area contributed by atoms with Crippen LogP contribution in [0.2, 0.25) is 5.02 Å². The molecule has 1 aliphatic rings. The number of phenolic OH excluding ortho intramolecular Hbond substituents is 1. The lowest BCUT2D eigenvalue weighted by molar-refractivity contribution is -0.386. The summed E-state index contributed by atoms with van der Waals surface area (Å²) in [5, 5.41) is 35.7. The van der Waals surface area contributed by atoms with E-state index in [0.717, 1.165) is 11.1 Å². The van der Waals surface area contributed by atoms with E-state index in [2.05, 4.69) is 5.10 Å². The van der Waals surface area contributed by atoms with E-state index >= 15 is 0 Å². The van der Waals surface area contributed by atoms with Crippen LogP contribution in [0.5, 0.6) is 11.5 Å². The van der Waals surface area contributed by atoms with Gasteiger partial charge in [0.1, 0.15) is 0 Å². The number of phenols is 1. The van der Waals surface area contributed by atoms with E-state index in [0.29, 0.717) is 5.71 Å². The molecule has 1 aliphatic heterocycles. The molecule has 0 saturated carbocycles. The van der Waals surface area contributed by atoms with Crippen molar-refractivity contribution in [3.8, 4) is 11.5 Å². The second-order valence-electron chi connectivity index (χ2n) is 6.41. The molecule has 1 amide bonds. The Balaban J connectivity index is 2.03. The van der Waals surface area contributed by atoms with Gasteiger partial charge in [-0.3, -0.25) is 14.9 Å². The number of amides is 1. The molecule has 0 fully saturated rings. The minimum Gasteiger partial charge on any atom is -0.500 e. The molecule has 11 heteroatoms. The summed E-state index contributed by atoms with van der Waals surface area (Å²) in [6.45, 7) is 3.39. The Morgan fingerprint density at radius 3 is 2.68 bits per heavy atom. The van der Waals surface area contributed by atoms with E-state index in [9.17, 15) is 29.9 Å². The van der Waals surface area contributed by atoms with Crippen LogP contribution >= 0.6 is 11.6 Å². The van der Waals surface area contributed by atoms with Crippen molar-refractivity contribution in [2.45, 2.75) is 13.8 Å². The zero-order chi connectivity index (χ0) is 22.9. The smallest absolute Gasteiger partial charge is 0.337 e. The number of nitrogens with zero attached hydrogens (tertiary/aromatic N) is 3. The minimum absolute atomic E-state index is 0.0132. The molecule has 31 heavy (non-hydrogen) atoms. The number of nitro benzene ring substituents is 1. The number of halogens is 1. The summed E-state index contributed by atoms with van der Waals surface area (Å²) < 4.78 is 5.25. The van der Waals surface area contributed by atoms with Crippen molar-refractivity contribution in [3.05, 3.63) is 62.2 Å². The predicted octanol–water partition coefficient (Wildman–Crippen LogP) is 3.86. The molecule has 0 bridgehead atoms. The summed E-state index contributed by atoms with van der Waals surface area (Å²) in [6.07, 6.45) is 1.38. The number of benzene rings is 2. The molecule has 2 aromatic carbocycles. The number of carbonyl (C=O) groups excluding carboxylic acids is 1. The van der Waals surface area contributed by atoms with Crippen molar-refractivity contribution in [1.29, 1.82) is 0 Å². The van der Waals surface area contributed by atoms with Crippen molar-refractivity contribution in [2.24, 2.45) is 5.10 Å². The number of carboxylic acid groups (broad SMARTS) is 1. The molecular formula is C20H16ClN3O7. The van der Waals surface area contributed by atoms with Gasteiger partial charge in [-0.2, -0.15) is 10.1 Å². The van der Waals surface area contributed by atoms with Gasteiger partial charge < -0.3 is 14.9 Å². The van der Waals surface area contributed by atoms with Crippen LogP contribution in [0.1, 0.15) is 29.8 Å². The number of rotatable bonds is 6. The Kier molecular flexibility index (Phi) is 5.93. The summed E-state index contributed by atoms with van der Waals surface area (Å²) in [4.78, 5) is 34.7. The summed E-state index contributed by atoms with van der Waals surface area (Å²) in [7, 11) is 0. The molecular weight excluding hydrogens is 430 g/mol. The molecule has 0 aromatic heterocycles. The molecule has 2 aromatic rings. The van der Waals surface area contributed by atoms with Crippen molar-refractivity contribution >= 4 is 46.6 Å². The van der Waals surface area contributed by atoms with Crippen LogP contribution < -0.4 is 9.75 Å². The highest BCUT2D eigenvalue weighted by Gasteiger charge is 2.30. The van der Waals surface area contributed by atoms with Crippen LogP contribution in [0.25, 0.3) is 6.08 Å². The minimum atomic E-state index is -1.25. The first-order chi connectivity index (χ1) is 14.6. The van der Waals surface area contributed by atoms with E-state index in [4.69, 9.17) is 16.3 Å². The maximum atomic E-state index is 12.9. The van der Waals surface area contributed by atoms with Crippen molar-refractivity contribution < 1.29 is 29.5 Å². The van der Waals surface area contributed by atoms with Crippen LogP contribution in [0.4, 0.5) is 11.4 Å². The first-order valence-corrected chi connectivity index (χ1v) is 9.30. The van der Waals surface area contributed by atoms with Crippen LogP contribution in [-0.4, -0.2) is 39.3 Å². The highest BCUT2D eigenvalue weighted by atomic mass is 35.5. The third-order valence-corrected chi connectivity index (χ3v) is 4.70. The van der Waals surface area contributed by atoms with Gasteiger partial charge >= 0.3 is 11.7 Å². The molecule has 0 unspecified atom stereocenters. The highest BCUT2D eigenvalue weighted by Crippen LogP contribution is 2.38. The molecule has 0 atom stereocenters. The van der Waals surface area contributed by atoms with Gasteiger partial charge in [-0.1, -0.05) is 11.6 Å². The Labute approximate surface area is 180 Å². The van der Waals surface area contributed by atoms with Crippen LogP contribution in [0, 0.1) is 10.1 Å². The monoisotopic (exact) mass is 445 g/mol. The molecule has 160 valence electrons. The number of hydrogen-bond acceptors (Lipinski definition) is 7. The maximum Gasteiger partial charge on any atom is 0.337 e. The number of aromatic hydroxyl groups is 1.